The zero-order chi connectivity index (χ0) is 15.3. The highest BCUT2D eigenvalue weighted by atomic mass is 16.5. The number of hydrogen-bond donors (Lipinski definition) is 1. The van der Waals surface area contributed by atoms with Gasteiger partial charge in [-0.15, -0.1) is 0 Å². The molecule has 1 fully saturated rings. The lowest BCUT2D eigenvalue weighted by atomic mass is 9.80. The first-order valence-electron chi connectivity index (χ1n) is 7.93. The van der Waals surface area contributed by atoms with E-state index >= 15 is 0 Å². The van der Waals surface area contributed by atoms with E-state index in [1.54, 1.807) is 7.11 Å². The van der Waals surface area contributed by atoms with E-state index < -0.39 is 0 Å². The van der Waals surface area contributed by atoms with Gasteiger partial charge in [0, 0.05) is 24.1 Å². The van der Waals surface area contributed by atoms with E-state index in [2.05, 4.69) is 32.2 Å². The molecule has 0 aromatic heterocycles. The number of benzene rings is 1. The predicted octanol–water partition coefficient (Wildman–Crippen LogP) is 3.93. The van der Waals surface area contributed by atoms with Gasteiger partial charge in [0.1, 0.15) is 17.1 Å². The van der Waals surface area contributed by atoms with E-state index in [1.165, 1.54) is 12.0 Å². The molecule has 3 heteroatoms. The predicted molar refractivity (Wildman–Crippen MR) is 84.9 cm³/mol. The molecule has 0 radical (unpaired) electrons. The third-order valence-corrected chi connectivity index (χ3v) is 5.34. The van der Waals surface area contributed by atoms with Crippen LogP contribution in [0.1, 0.15) is 51.6 Å². The van der Waals surface area contributed by atoms with Gasteiger partial charge in [0.2, 0.25) is 0 Å². The molecule has 0 saturated heterocycles. The van der Waals surface area contributed by atoms with Gasteiger partial charge in [-0.3, -0.25) is 0 Å². The largest absolute Gasteiger partial charge is 0.497 e. The summed E-state index contributed by atoms with van der Waals surface area (Å²) in [7, 11) is 3.75. The summed E-state index contributed by atoms with van der Waals surface area (Å²) in [5, 5.41) is 3.48. The molecule has 3 rings (SSSR count). The molecule has 2 aliphatic rings. The summed E-state index contributed by atoms with van der Waals surface area (Å²) in [6.45, 7) is 7.06. The van der Waals surface area contributed by atoms with Gasteiger partial charge in [-0.2, -0.15) is 0 Å². The Bertz CT molecular complexity index is 540. The quantitative estimate of drug-likeness (QED) is 0.894. The minimum Gasteiger partial charge on any atom is -0.497 e. The van der Waals surface area contributed by atoms with Crippen LogP contribution in [0.4, 0.5) is 0 Å². The molecule has 3 nitrogen and oxygen atoms in total. The maximum atomic E-state index is 6.58. The van der Waals surface area contributed by atoms with Gasteiger partial charge in [0.25, 0.3) is 0 Å². The van der Waals surface area contributed by atoms with Gasteiger partial charge in [0.05, 0.1) is 7.11 Å². The Kier molecular flexibility index (Phi) is 3.44. The van der Waals surface area contributed by atoms with Crippen LogP contribution in [0.2, 0.25) is 0 Å². The van der Waals surface area contributed by atoms with Gasteiger partial charge in [-0.25, -0.2) is 0 Å². The Morgan fingerprint density at radius 3 is 2.62 bits per heavy atom. The van der Waals surface area contributed by atoms with Gasteiger partial charge in [-0.1, -0.05) is 26.8 Å². The third kappa shape index (κ3) is 2.42. The molecule has 1 aromatic rings. The molecule has 1 aliphatic carbocycles. The minimum absolute atomic E-state index is 0.0451. The SMILES string of the molecule is CNC1CC2(CC(C)(C)CC2C)Oc2cc(OC)ccc21. The Balaban J connectivity index is 2.01. The molecular formula is C18H27NO2. The lowest BCUT2D eigenvalue weighted by Crippen LogP contribution is -2.46. The molecule has 1 saturated carbocycles. The minimum atomic E-state index is -0.0451. The summed E-state index contributed by atoms with van der Waals surface area (Å²) in [5.41, 5.74) is 1.56. The summed E-state index contributed by atoms with van der Waals surface area (Å²) in [6, 6.07) is 6.55. The van der Waals surface area contributed by atoms with E-state index in [9.17, 15) is 0 Å². The average molecular weight is 289 g/mol. The molecule has 1 heterocycles. The lowest BCUT2D eigenvalue weighted by Gasteiger charge is -2.43. The van der Waals surface area contributed by atoms with Crippen LogP contribution in [-0.4, -0.2) is 19.8 Å². The van der Waals surface area contributed by atoms with Crippen LogP contribution >= 0.6 is 0 Å². The number of hydrogen-bond acceptors (Lipinski definition) is 3. The zero-order valence-electron chi connectivity index (χ0n) is 13.8. The van der Waals surface area contributed by atoms with Crippen molar-refractivity contribution in [2.45, 2.75) is 51.7 Å². The van der Waals surface area contributed by atoms with E-state index in [-0.39, 0.29) is 5.60 Å². The van der Waals surface area contributed by atoms with Crippen LogP contribution in [0.3, 0.4) is 0 Å². The maximum Gasteiger partial charge on any atom is 0.128 e. The fourth-order valence-electron chi connectivity index (χ4n) is 4.47. The second kappa shape index (κ2) is 4.91. The molecule has 3 atom stereocenters. The molecule has 1 N–H and O–H groups in total. The van der Waals surface area contributed by atoms with Crippen LogP contribution in [0.15, 0.2) is 18.2 Å². The standard InChI is InChI=1S/C18H27NO2/c1-12-9-17(2,3)11-18(12)10-15(19-4)14-7-6-13(20-5)8-16(14)21-18/h6-8,12,15,19H,9-11H2,1-5H3. The monoisotopic (exact) mass is 289 g/mol. The number of methoxy groups -OCH3 is 1. The van der Waals surface area contributed by atoms with Crippen molar-refractivity contribution >= 4 is 0 Å². The second-order valence-corrected chi connectivity index (χ2v) is 7.56. The Labute approximate surface area is 128 Å². The third-order valence-electron chi connectivity index (χ3n) is 5.34. The number of nitrogens with one attached hydrogen (secondary N) is 1. The highest BCUT2D eigenvalue weighted by Crippen LogP contribution is 2.55. The Morgan fingerprint density at radius 2 is 2.05 bits per heavy atom. The molecule has 1 aliphatic heterocycles. The molecule has 3 unspecified atom stereocenters. The molecule has 1 spiro atoms. The first kappa shape index (κ1) is 14.7. The van der Waals surface area contributed by atoms with Gasteiger partial charge in [0.15, 0.2) is 0 Å². The van der Waals surface area contributed by atoms with Crippen molar-refractivity contribution in [2.24, 2.45) is 11.3 Å². The van der Waals surface area contributed by atoms with Crippen LogP contribution < -0.4 is 14.8 Å². The topological polar surface area (TPSA) is 30.5 Å². The van der Waals surface area contributed by atoms with E-state index in [0.717, 1.165) is 24.3 Å². The first-order valence-corrected chi connectivity index (χ1v) is 7.93. The summed E-state index contributed by atoms with van der Waals surface area (Å²) < 4.78 is 12.0. The van der Waals surface area contributed by atoms with Crippen LogP contribution in [0.5, 0.6) is 11.5 Å². The van der Waals surface area contributed by atoms with Gasteiger partial charge in [-0.05, 0) is 37.3 Å². The van der Waals surface area contributed by atoms with Crippen molar-refractivity contribution in [3.63, 3.8) is 0 Å². The summed E-state index contributed by atoms with van der Waals surface area (Å²) in [4.78, 5) is 0. The molecular weight excluding hydrogens is 262 g/mol. The fraction of sp³-hybridized carbons (Fsp3) is 0.667. The summed E-state index contributed by atoms with van der Waals surface area (Å²) in [5.74, 6) is 2.43. The summed E-state index contributed by atoms with van der Waals surface area (Å²) in [6.07, 6.45) is 3.39. The highest BCUT2D eigenvalue weighted by molar-refractivity contribution is 5.45. The summed E-state index contributed by atoms with van der Waals surface area (Å²) >= 11 is 0. The molecule has 0 bridgehead atoms. The Hall–Kier alpha value is -1.22. The zero-order valence-corrected chi connectivity index (χ0v) is 13.8. The highest BCUT2D eigenvalue weighted by Gasteiger charge is 2.53. The Morgan fingerprint density at radius 1 is 1.29 bits per heavy atom. The van der Waals surface area contributed by atoms with E-state index in [4.69, 9.17) is 9.47 Å². The second-order valence-electron chi connectivity index (χ2n) is 7.56. The average Bonchev–Trinajstić information content (AvgIpc) is 2.65. The first-order chi connectivity index (χ1) is 9.89. The fourth-order valence-corrected chi connectivity index (χ4v) is 4.47. The van der Waals surface area contributed by atoms with E-state index in [0.29, 0.717) is 17.4 Å². The van der Waals surface area contributed by atoms with Crippen molar-refractivity contribution in [3.8, 4) is 11.5 Å². The van der Waals surface area contributed by atoms with Crippen LogP contribution in [0.25, 0.3) is 0 Å². The van der Waals surface area contributed by atoms with Crippen molar-refractivity contribution in [3.05, 3.63) is 23.8 Å². The molecule has 0 amide bonds. The van der Waals surface area contributed by atoms with E-state index in [1.807, 2.05) is 19.2 Å². The van der Waals surface area contributed by atoms with Crippen molar-refractivity contribution in [1.29, 1.82) is 0 Å². The van der Waals surface area contributed by atoms with Crippen LogP contribution in [0, 0.1) is 11.3 Å². The molecule has 116 valence electrons. The smallest absolute Gasteiger partial charge is 0.128 e. The molecule has 1 aromatic carbocycles. The normalized spacial score (nSPS) is 33.6. The van der Waals surface area contributed by atoms with Crippen LogP contribution in [-0.2, 0) is 0 Å². The van der Waals surface area contributed by atoms with Crippen molar-refractivity contribution in [2.75, 3.05) is 14.2 Å². The number of fused-ring (bicyclic) bond motifs is 1. The molecule has 21 heavy (non-hydrogen) atoms. The van der Waals surface area contributed by atoms with Gasteiger partial charge >= 0.3 is 0 Å². The lowest BCUT2D eigenvalue weighted by molar-refractivity contribution is -0.00216. The van der Waals surface area contributed by atoms with Gasteiger partial charge < -0.3 is 14.8 Å². The number of rotatable bonds is 2. The maximum absolute atomic E-state index is 6.58. The van der Waals surface area contributed by atoms with Crippen molar-refractivity contribution < 1.29 is 9.47 Å². The number of ether oxygens (including phenoxy) is 2. The van der Waals surface area contributed by atoms with Crippen molar-refractivity contribution in [1.82, 2.24) is 5.32 Å².